The molecule has 1 saturated carbocycles. The van der Waals surface area contributed by atoms with Gasteiger partial charge in [-0.2, -0.15) is 0 Å². The second-order valence-corrected chi connectivity index (χ2v) is 7.74. The van der Waals surface area contributed by atoms with Crippen molar-refractivity contribution in [1.82, 2.24) is 0 Å². The molecule has 0 unspecified atom stereocenters. The summed E-state index contributed by atoms with van der Waals surface area (Å²) in [6, 6.07) is 3.33. The first kappa shape index (κ1) is 17.6. The maximum atomic E-state index is 11.3. The van der Waals surface area contributed by atoms with E-state index in [0.717, 1.165) is 18.9 Å². The zero-order valence-electron chi connectivity index (χ0n) is 12.8. The van der Waals surface area contributed by atoms with Crippen molar-refractivity contribution >= 4 is 15.7 Å². The van der Waals surface area contributed by atoms with Gasteiger partial charge in [0.25, 0.3) is 0 Å². The van der Waals surface area contributed by atoms with Crippen LogP contribution in [0.3, 0.4) is 0 Å². The van der Waals surface area contributed by atoms with Crippen LogP contribution in [-0.2, 0) is 10.0 Å². The summed E-state index contributed by atoms with van der Waals surface area (Å²) in [5.41, 5.74) is -1.08. The highest BCUT2D eigenvalue weighted by atomic mass is 32.2. The van der Waals surface area contributed by atoms with E-state index in [-0.39, 0.29) is 23.2 Å². The summed E-state index contributed by atoms with van der Waals surface area (Å²) in [6.07, 6.45) is 2.87. The lowest BCUT2D eigenvalue weighted by Gasteiger charge is -2.32. The Bertz CT molecular complexity index is 691. The fourth-order valence-corrected chi connectivity index (χ4v) is 3.15. The molecule has 0 radical (unpaired) electrons. The Labute approximate surface area is 134 Å². The van der Waals surface area contributed by atoms with Gasteiger partial charge in [-0.3, -0.25) is 10.1 Å². The van der Waals surface area contributed by atoms with Gasteiger partial charge in [0.2, 0.25) is 10.0 Å². The first-order valence-corrected chi connectivity index (χ1v) is 8.79. The van der Waals surface area contributed by atoms with Crippen molar-refractivity contribution in [2.75, 3.05) is 6.61 Å². The van der Waals surface area contributed by atoms with Crippen molar-refractivity contribution in [3.8, 4) is 5.75 Å². The van der Waals surface area contributed by atoms with Crippen molar-refractivity contribution in [2.24, 2.45) is 11.1 Å². The van der Waals surface area contributed by atoms with Gasteiger partial charge in [-0.25, -0.2) is 13.6 Å². The topological polar surface area (TPSA) is 133 Å². The van der Waals surface area contributed by atoms with E-state index >= 15 is 0 Å². The van der Waals surface area contributed by atoms with Crippen LogP contribution in [-0.4, -0.2) is 30.7 Å². The lowest BCUT2D eigenvalue weighted by molar-refractivity contribution is -0.386. The van der Waals surface area contributed by atoms with E-state index in [2.05, 4.69) is 0 Å². The average molecular weight is 344 g/mol. The zero-order valence-corrected chi connectivity index (χ0v) is 13.6. The van der Waals surface area contributed by atoms with Crippen LogP contribution in [0.25, 0.3) is 0 Å². The monoisotopic (exact) mass is 344 g/mol. The summed E-state index contributed by atoms with van der Waals surface area (Å²) in [6.45, 7) is 2.08. The summed E-state index contributed by atoms with van der Waals surface area (Å²) >= 11 is 0. The molecule has 0 bridgehead atoms. The smallest absolute Gasteiger partial charge is 0.312 e. The van der Waals surface area contributed by atoms with Crippen LogP contribution in [0, 0.1) is 16.0 Å². The third kappa shape index (κ3) is 4.63. The first-order valence-electron chi connectivity index (χ1n) is 7.25. The van der Waals surface area contributed by atoms with E-state index in [9.17, 15) is 23.6 Å². The van der Waals surface area contributed by atoms with Crippen LogP contribution in [0.1, 0.15) is 32.6 Å². The normalized spacial score (nSPS) is 25.1. The van der Waals surface area contributed by atoms with E-state index in [1.54, 1.807) is 6.92 Å². The highest BCUT2D eigenvalue weighted by Crippen LogP contribution is 2.34. The van der Waals surface area contributed by atoms with Crippen LogP contribution >= 0.6 is 0 Å². The van der Waals surface area contributed by atoms with E-state index in [1.165, 1.54) is 12.1 Å². The summed E-state index contributed by atoms with van der Waals surface area (Å²) in [5.74, 6) is 0.215. The number of benzene rings is 1. The Balaban J connectivity index is 2.09. The minimum Gasteiger partial charge on any atom is -0.487 e. The van der Waals surface area contributed by atoms with Crippen LogP contribution in [0.5, 0.6) is 5.75 Å². The molecule has 3 N–H and O–H groups in total. The van der Waals surface area contributed by atoms with E-state index in [4.69, 9.17) is 9.88 Å². The Morgan fingerprint density at radius 2 is 2.04 bits per heavy atom. The number of sulfonamides is 1. The highest BCUT2D eigenvalue weighted by Gasteiger charge is 2.29. The number of rotatable bonds is 5. The van der Waals surface area contributed by atoms with Gasteiger partial charge in [0.15, 0.2) is 5.75 Å². The van der Waals surface area contributed by atoms with Gasteiger partial charge in [0, 0.05) is 6.07 Å². The molecule has 1 aromatic carbocycles. The lowest BCUT2D eigenvalue weighted by Crippen LogP contribution is -2.32. The van der Waals surface area contributed by atoms with Gasteiger partial charge < -0.3 is 9.84 Å². The van der Waals surface area contributed by atoms with Gasteiger partial charge in [0.05, 0.1) is 22.0 Å². The van der Waals surface area contributed by atoms with Crippen LogP contribution in [0.15, 0.2) is 23.1 Å². The van der Waals surface area contributed by atoms with Gasteiger partial charge >= 0.3 is 5.69 Å². The molecule has 0 aliphatic heterocycles. The fraction of sp³-hybridized carbons (Fsp3) is 0.571. The second kappa shape index (κ2) is 6.42. The van der Waals surface area contributed by atoms with Crippen molar-refractivity contribution < 1.29 is 23.2 Å². The van der Waals surface area contributed by atoms with Gasteiger partial charge in [-0.1, -0.05) is 0 Å². The molecule has 128 valence electrons. The van der Waals surface area contributed by atoms with Crippen molar-refractivity contribution in [2.45, 2.75) is 43.1 Å². The number of ether oxygens (including phenoxy) is 1. The maximum Gasteiger partial charge on any atom is 0.312 e. The van der Waals surface area contributed by atoms with Crippen LogP contribution in [0.2, 0.25) is 0 Å². The summed E-state index contributed by atoms with van der Waals surface area (Å²) in [5, 5.41) is 26.0. The zero-order chi connectivity index (χ0) is 17.3. The number of nitrogens with zero attached hydrogens (tertiary/aromatic N) is 1. The minimum absolute atomic E-state index is 0.0136. The predicted molar refractivity (Wildman–Crippen MR) is 82.5 cm³/mol. The summed E-state index contributed by atoms with van der Waals surface area (Å²) < 4.78 is 28.1. The number of hydrogen-bond acceptors (Lipinski definition) is 6. The lowest BCUT2D eigenvalue weighted by atomic mass is 9.80. The molecule has 0 heterocycles. The molecule has 0 saturated heterocycles. The Hall–Kier alpha value is -1.71. The predicted octanol–water partition coefficient (Wildman–Crippen LogP) is 1.56. The Morgan fingerprint density at radius 1 is 1.43 bits per heavy atom. The molecule has 2 rings (SSSR count). The van der Waals surface area contributed by atoms with Crippen LogP contribution < -0.4 is 9.88 Å². The molecular formula is C14H20N2O6S. The number of aliphatic hydroxyl groups is 1. The molecule has 0 atom stereocenters. The third-order valence-electron chi connectivity index (χ3n) is 4.11. The molecule has 1 fully saturated rings. The minimum atomic E-state index is -4.01. The molecule has 0 amide bonds. The maximum absolute atomic E-state index is 11.3. The molecule has 0 spiro atoms. The highest BCUT2D eigenvalue weighted by molar-refractivity contribution is 7.89. The van der Waals surface area contributed by atoms with Crippen molar-refractivity contribution in [3.05, 3.63) is 28.3 Å². The molecule has 23 heavy (non-hydrogen) atoms. The van der Waals surface area contributed by atoms with Crippen molar-refractivity contribution in [3.63, 3.8) is 0 Å². The number of nitro benzene ring substituents is 1. The van der Waals surface area contributed by atoms with Gasteiger partial charge in [-0.05, 0) is 50.7 Å². The number of primary sulfonamides is 1. The molecule has 9 heteroatoms. The van der Waals surface area contributed by atoms with Crippen molar-refractivity contribution in [1.29, 1.82) is 0 Å². The first-order chi connectivity index (χ1) is 10.6. The number of nitro groups is 1. The van der Waals surface area contributed by atoms with Gasteiger partial charge in [-0.15, -0.1) is 0 Å². The SMILES string of the molecule is CC1(O)CCC(COc2ccc(S(N)(=O)=O)cc2[N+](=O)[O-])CC1. The molecule has 1 aliphatic rings. The number of hydrogen-bond donors (Lipinski definition) is 2. The molecule has 8 nitrogen and oxygen atoms in total. The molecule has 1 aliphatic carbocycles. The van der Waals surface area contributed by atoms with Crippen LogP contribution in [0.4, 0.5) is 5.69 Å². The third-order valence-corrected chi connectivity index (χ3v) is 5.02. The van der Waals surface area contributed by atoms with E-state index < -0.39 is 26.2 Å². The van der Waals surface area contributed by atoms with E-state index in [0.29, 0.717) is 12.8 Å². The fourth-order valence-electron chi connectivity index (χ4n) is 2.61. The number of nitrogens with two attached hydrogens (primary N) is 1. The summed E-state index contributed by atoms with van der Waals surface area (Å²) in [7, 11) is -4.01. The Kier molecular flexibility index (Phi) is 4.92. The average Bonchev–Trinajstić information content (AvgIpc) is 2.45. The van der Waals surface area contributed by atoms with E-state index in [1.807, 2.05) is 0 Å². The summed E-state index contributed by atoms with van der Waals surface area (Å²) in [4.78, 5) is 10.1. The quantitative estimate of drug-likeness (QED) is 0.615. The second-order valence-electron chi connectivity index (χ2n) is 6.18. The largest absolute Gasteiger partial charge is 0.487 e. The molecule has 1 aromatic rings. The molecule has 0 aromatic heterocycles. The Morgan fingerprint density at radius 3 is 2.57 bits per heavy atom. The van der Waals surface area contributed by atoms with Gasteiger partial charge in [0.1, 0.15) is 0 Å². The standard InChI is InChI=1S/C14H20N2O6S/c1-14(17)6-4-10(5-7-14)9-22-13-3-2-11(23(15,20)21)8-12(13)16(18)19/h2-3,8,10,17H,4-7,9H2,1H3,(H2,15,20,21). The molecular weight excluding hydrogens is 324 g/mol.